The first-order chi connectivity index (χ1) is 22.6. The molecule has 4 heterocycles. The molecule has 0 aliphatic carbocycles. The molecule has 48 heavy (non-hydrogen) atoms. The van der Waals surface area contributed by atoms with Crippen LogP contribution in [0.15, 0.2) is 40.4 Å². The van der Waals surface area contributed by atoms with E-state index >= 15 is 0 Å². The molecule has 258 valence electrons. The Kier molecular flexibility index (Phi) is 10.7. The van der Waals surface area contributed by atoms with Gasteiger partial charge in [-0.1, -0.05) is 45.0 Å². The van der Waals surface area contributed by atoms with Crippen molar-refractivity contribution < 1.29 is 19.5 Å². The minimum Gasteiger partial charge on any atom is -0.391 e. The quantitative estimate of drug-likeness (QED) is 0.312. The van der Waals surface area contributed by atoms with E-state index in [4.69, 9.17) is 5.73 Å². The Hall–Kier alpha value is -3.66. The Morgan fingerprint density at radius 1 is 1.12 bits per heavy atom. The summed E-state index contributed by atoms with van der Waals surface area (Å²) in [4.78, 5) is 50.5. The number of rotatable bonds is 8. The number of hydrogen-bond acceptors (Lipinski definition) is 11. The molecule has 2 aliphatic rings. The van der Waals surface area contributed by atoms with E-state index in [0.29, 0.717) is 36.6 Å². The fourth-order valence-electron chi connectivity index (χ4n) is 6.52. The zero-order valence-corrected chi connectivity index (χ0v) is 30.6. The molecule has 3 aromatic rings. The summed E-state index contributed by atoms with van der Waals surface area (Å²) in [6.07, 6.45) is -0.754. The van der Waals surface area contributed by atoms with Gasteiger partial charge in [0.25, 0.3) is 0 Å². The van der Waals surface area contributed by atoms with Crippen molar-refractivity contribution >= 4 is 56.5 Å². The SMILES string of the molecule is CC(=O)N([C@H](C(=O)N1C[C@H](O)C[C@H]1C(=O)N[C@@H](C)c1ccc(-c2scnc2C)cc1)C(C)(C)C)N1CCN(c2cc(Br)nnc2N)CC1. The lowest BCUT2D eigenvalue weighted by Crippen LogP contribution is -2.65. The van der Waals surface area contributed by atoms with E-state index in [1.165, 1.54) is 11.8 Å². The Bertz CT molecular complexity index is 1640. The summed E-state index contributed by atoms with van der Waals surface area (Å²) in [6, 6.07) is 7.66. The van der Waals surface area contributed by atoms with Crippen molar-refractivity contribution in [3.63, 3.8) is 0 Å². The average Bonchev–Trinajstić information content (AvgIpc) is 3.65. The summed E-state index contributed by atoms with van der Waals surface area (Å²) < 4.78 is 0.568. The van der Waals surface area contributed by atoms with Gasteiger partial charge in [0.05, 0.1) is 33.9 Å². The van der Waals surface area contributed by atoms with Gasteiger partial charge in [0.1, 0.15) is 16.7 Å². The molecule has 0 spiro atoms. The smallest absolute Gasteiger partial charge is 0.248 e. The molecule has 13 nitrogen and oxygen atoms in total. The van der Waals surface area contributed by atoms with E-state index in [1.54, 1.807) is 16.3 Å². The third-order valence-electron chi connectivity index (χ3n) is 8.94. The second-order valence-corrected chi connectivity index (χ2v) is 15.2. The Morgan fingerprint density at radius 3 is 2.38 bits per heavy atom. The minimum atomic E-state index is -0.913. The highest BCUT2D eigenvalue weighted by molar-refractivity contribution is 9.10. The molecular formula is C33H44BrN9O4S. The zero-order valence-electron chi connectivity index (χ0n) is 28.2. The van der Waals surface area contributed by atoms with Gasteiger partial charge in [-0.15, -0.1) is 21.5 Å². The summed E-state index contributed by atoms with van der Waals surface area (Å²) >= 11 is 4.93. The van der Waals surface area contributed by atoms with E-state index < -0.39 is 23.6 Å². The number of nitrogen functional groups attached to an aromatic ring is 1. The second kappa shape index (κ2) is 14.4. The number of hydrazine groups is 1. The number of aliphatic hydroxyl groups is 1. The number of piperazine rings is 1. The summed E-state index contributed by atoms with van der Waals surface area (Å²) in [6.45, 7) is 13.0. The number of nitrogens with two attached hydrogens (primary N) is 1. The minimum absolute atomic E-state index is 0.00347. The van der Waals surface area contributed by atoms with Crippen molar-refractivity contribution in [3.8, 4) is 10.4 Å². The maximum absolute atomic E-state index is 14.5. The summed E-state index contributed by atoms with van der Waals surface area (Å²) in [5.41, 5.74) is 10.9. The lowest BCUT2D eigenvalue weighted by atomic mass is 9.85. The molecule has 0 saturated carbocycles. The number of nitrogens with one attached hydrogen (secondary N) is 1. The van der Waals surface area contributed by atoms with Crippen LogP contribution in [-0.4, -0.2) is 104 Å². The number of aryl methyl sites for hydroxylation is 1. The maximum atomic E-state index is 14.5. The number of thiazole rings is 1. The molecule has 0 radical (unpaired) electrons. The third-order valence-corrected chi connectivity index (χ3v) is 10.3. The average molecular weight is 743 g/mol. The van der Waals surface area contributed by atoms with Gasteiger partial charge in [-0.2, -0.15) is 0 Å². The molecular weight excluding hydrogens is 698 g/mol. The first-order valence-corrected chi connectivity index (χ1v) is 17.7. The van der Waals surface area contributed by atoms with E-state index in [9.17, 15) is 19.5 Å². The summed E-state index contributed by atoms with van der Waals surface area (Å²) in [5, 5.41) is 25.2. The first-order valence-electron chi connectivity index (χ1n) is 16.0. The monoisotopic (exact) mass is 741 g/mol. The predicted molar refractivity (Wildman–Crippen MR) is 189 cm³/mol. The van der Waals surface area contributed by atoms with Crippen LogP contribution in [0, 0.1) is 12.3 Å². The predicted octanol–water partition coefficient (Wildman–Crippen LogP) is 3.39. The molecule has 15 heteroatoms. The zero-order chi connectivity index (χ0) is 34.9. The van der Waals surface area contributed by atoms with Crippen LogP contribution in [0.1, 0.15) is 58.3 Å². The molecule has 2 aromatic heterocycles. The number of aromatic nitrogens is 3. The van der Waals surface area contributed by atoms with E-state index in [-0.39, 0.29) is 36.7 Å². The molecule has 0 bridgehead atoms. The number of anilines is 2. The number of halogens is 1. The van der Waals surface area contributed by atoms with Crippen LogP contribution < -0.4 is 16.0 Å². The Labute approximate surface area is 293 Å². The molecule has 2 saturated heterocycles. The number of amides is 3. The van der Waals surface area contributed by atoms with Crippen LogP contribution in [0.25, 0.3) is 10.4 Å². The normalized spacial score (nSPS) is 20.0. The van der Waals surface area contributed by atoms with Gasteiger partial charge in [0.15, 0.2) is 5.82 Å². The van der Waals surface area contributed by atoms with Crippen LogP contribution >= 0.6 is 27.3 Å². The van der Waals surface area contributed by atoms with Crippen LogP contribution in [0.3, 0.4) is 0 Å². The number of hydrogen-bond donors (Lipinski definition) is 3. The van der Waals surface area contributed by atoms with Crippen molar-refractivity contribution in [2.24, 2.45) is 5.41 Å². The number of likely N-dealkylation sites (tertiary alicyclic amines) is 1. The largest absolute Gasteiger partial charge is 0.391 e. The van der Waals surface area contributed by atoms with Crippen LogP contribution in [0.2, 0.25) is 0 Å². The van der Waals surface area contributed by atoms with Crippen molar-refractivity contribution in [3.05, 3.63) is 51.7 Å². The van der Waals surface area contributed by atoms with E-state index in [1.807, 2.05) is 75.5 Å². The maximum Gasteiger partial charge on any atom is 0.248 e. The molecule has 4 N–H and O–H groups in total. The van der Waals surface area contributed by atoms with Crippen molar-refractivity contribution in [1.82, 2.24) is 35.4 Å². The Morgan fingerprint density at radius 2 is 1.79 bits per heavy atom. The topological polar surface area (TPSA) is 161 Å². The molecule has 0 unspecified atom stereocenters. The lowest BCUT2D eigenvalue weighted by molar-refractivity contribution is -0.173. The van der Waals surface area contributed by atoms with Crippen LogP contribution in [0.4, 0.5) is 11.5 Å². The fraction of sp³-hybridized carbons (Fsp3) is 0.515. The number of carbonyl (C=O) groups is 3. The highest BCUT2D eigenvalue weighted by atomic mass is 79.9. The van der Waals surface area contributed by atoms with E-state index in [0.717, 1.165) is 27.4 Å². The molecule has 5 rings (SSSR count). The van der Waals surface area contributed by atoms with Crippen LogP contribution in [0.5, 0.6) is 0 Å². The van der Waals surface area contributed by atoms with Gasteiger partial charge in [0, 0.05) is 46.1 Å². The number of nitrogens with zero attached hydrogens (tertiary/aromatic N) is 7. The number of β-amino-alcohol motifs (C(OH)–C–C–N with tert-alkyl or cyclic N) is 1. The molecule has 1 aromatic carbocycles. The number of benzene rings is 1. The molecule has 4 atom stereocenters. The van der Waals surface area contributed by atoms with Gasteiger partial charge < -0.3 is 26.0 Å². The number of aliphatic hydroxyl groups excluding tert-OH is 1. The lowest BCUT2D eigenvalue weighted by Gasteiger charge is -2.48. The van der Waals surface area contributed by atoms with Crippen molar-refractivity contribution in [2.75, 3.05) is 43.4 Å². The Balaban J connectivity index is 1.31. The first kappa shape index (κ1) is 35.6. The summed E-state index contributed by atoms with van der Waals surface area (Å²) in [5.74, 6) is -0.691. The fourth-order valence-corrected chi connectivity index (χ4v) is 7.63. The van der Waals surface area contributed by atoms with Crippen molar-refractivity contribution in [1.29, 1.82) is 0 Å². The standard InChI is InChI=1S/C33H44BrN9O4S/c1-19(22-7-9-23(10-8-22)28-20(2)36-18-48-28)37-31(46)26-15-24(45)17-42(26)32(47)29(33(4,5)6)43(21(3)44)41-13-11-40(12-14-41)25-16-27(34)38-39-30(25)35/h7-10,16,18-19,24,26,29,45H,11-15,17H2,1-6H3,(H2,35,39)(H,37,46)/t19-,24+,26-,29+/m0/s1. The highest BCUT2D eigenvalue weighted by Crippen LogP contribution is 2.33. The van der Waals surface area contributed by atoms with Gasteiger partial charge in [0.2, 0.25) is 17.7 Å². The second-order valence-electron chi connectivity index (χ2n) is 13.5. The van der Waals surface area contributed by atoms with Crippen LogP contribution in [-0.2, 0) is 14.4 Å². The summed E-state index contributed by atoms with van der Waals surface area (Å²) in [7, 11) is 0. The van der Waals surface area contributed by atoms with E-state index in [2.05, 4.69) is 41.3 Å². The molecule has 3 amide bonds. The van der Waals surface area contributed by atoms with Gasteiger partial charge >= 0.3 is 0 Å². The molecule has 2 fully saturated rings. The van der Waals surface area contributed by atoms with Gasteiger partial charge in [-0.05, 0) is 52.4 Å². The number of carbonyl (C=O) groups excluding carboxylic acids is 3. The highest BCUT2D eigenvalue weighted by Gasteiger charge is 2.48. The van der Waals surface area contributed by atoms with Gasteiger partial charge in [-0.3, -0.25) is 19.4 Å². The van der Waals surface area contributed by atoms with Crippen molar-refractivity contribution in [2.45, 2.75) is 72.2 Å². The molecule has 2 aliphatic heterocycles. The van der Waals surface area contributed by atoms with Gasteiger partial charge in [-0.25, -0.2) is 9.99 Å². The third kappa shape index (κ3) is 7.64.